The molecule has 3 heteroatoms. The first-order valence-corrected chi connectivity index (χ1v) is 5.74. The van der Waals surface area contributed by atoms with Crippen LogP contribution in [0.25, 0.3) is 11.0 Å². The number of rotatable bonds is 4. The van der Waals surface area contributed by atoms with E-state index in [1.165, 1.54) is 10.9 Å². The quantitative estimate of drug-likeness (QED) is 0.776. The maximum atomic E-state index is 5.51. The van der Waals surface area contributed by atoms with Gasteiger partial charge in [0.25, 0.3) is 0 Å². The lowest BCUT2D eigenvalue weighted by Crippen LogP contribution is -2.16. The van der Waals surface area contributed by atoms with E-state index in [-0.39, 0.29) is 0 Å². The molecule has 2 rings (SSSR count). The number of hydrogen-bond donors (Lipinski definition) is 2. The molecule has 0 aliphatic rings. The number of hydrogen-bond acceptors (Lipinski definition) is 3. The lowest BCUT2D eigenvalue weighted by molar-refractivity contribution is 0.557. The van der Waals surface area contributed by atoms with Crippen LogP contribution in [-0.4, -0.2) is 12.8 Å². The van der Waals surface area contributed by atoms with Crippen LogP contribution in [0.5, 0.6) is 0 Å². The number of thiol groups is 1. The molecule has 0 amide bonds. The van der Waals surface area contributed by atoms with Crippen molar-refractivity contribution in [1.29, 1.82) is 0 Å². The van der Waals surface area contributed by atoms with E-state index >= 15 is 0 Å². The molecule has 0 radical (unpaired) electrons. The van der Waals surface area contributed by atoms with E-state index in [2.05, 4.69) is 24.0 Å². The molecule has 1 aromatic heterocycles. The number of nitrogens with one attached hydrogen (secondary N) is 1. The Hall–Kier alpha value is -0.930. The van der Waals surface area contributed by atoms with Gasteiger partial charge in [0.05, 0.1) is 6.26 Å². The smallest absolute Gasteiger partial charge is 0.134 e. The lowest BCUT2D eigenvalue weighted by Gasteiger charge is -2.13. The fraction of sp³-hybridized carbons (Fsp3) is 0.333. The molecule has 0 spiro atoms. The fourth-order valence-corrected chi connectivity index (χ4v) is 2.11. The molecule has 2 aromatic rings. The Morgan fingerprint density at radius 2 is 2.20 bits per heavy atom. The summed E-state index contributed by atoms with van der Waals surface area (Å²) in [5, 5.41) is 4.48. The summed E-state index contributed by atoms with van der Waals surface area (Å²) < 4.78 is 5.51. The van der Waals surface area contributed by atoms with E-state index in [9.17, 15) is 0 Å². The lowest BCUT2D eigenvalue weighted by atomic mass is 10.0. The number of benzene rings is 1. The first kappa shape index (κ1) is 10.6. The third kappa shape index (κ3) is 2.03. The second-order valence-electron chi connectivity index (χ2n) is 3.54. The van der Waals surface area contributed by atoms with Crippen LogP contribution in [-0.2, 0) is 0 Å². The van der Waals surface area contributed by atoms with E-state index in [0.29, 0.717) is 6.04 Å². The third-order valence-electron chi connectivity index (χ3n) is 2.65. The fourth-order valence-electron chi connectivity index (χ4n) is 1.85. The van der Waals surface area contributed by atoms with Crippen molar-refractivity contribution in [2.24, 2.45) is 0 Å². The SMILES string of the molecule is CNC(CCS)c1coc2ccccc12. The average Bonchev–Trinajstić information content (AvgIpc) is 2.70. The predicted octanol–water partition coefficient (Wildman–Crippen LogP) is 3.01. The molecule has 80 valence electrons. The third-order valence-corrected chi connectivity index (χ3v) is 2.91. The largest absolute Gasteiger partial charge is 0.464 e. The van der Waals surface area contributed by atoms with Gasteiger partial charge in [-0.15, -0.1) is 0 Å². The summed E-state index contributed by atoms with van der Waals surface area (Å²) in [6.07, 6.45) is 2.85. The molecule has 2 nitrogen and oxygen atoms in total. The Kier molecular flexibility index (Phi) is 3.34. The number of furan rings is 1. The van der Waals surface area contributed by atoms with Crippen LogP contribution in [0.4, 0.5) is 0 Å². The second-order valence-corrected chi connectivity index (χ2v) is 3.99. The van der Waals surface area contributed by atoms with Crippen LogP contribution in [0.1, 0.15) is 18.0 Å². The van der Waals surface area contributed by atoms with Gasteiger partial charge in [0.2, 0.25) is 0 Å². The molecule has 0 saturated heterocycles. The highest BCUT2D eigenvalue weighted by molar-refractivity contribution is 7.80. The van der Waals surface area contributed by atoms with Crippen molar-refractivity contribution < 1.29 is 4.42 Å². The van der Waals surface area contributed by atoms with Gasteiger partial charge < -0.3 is 9.73 Å². The first-order chi connectivity index (χ1) is 7.36. The van der Waals surface area contributed by atoms with Crippen molar-refractivity contribution in [3.8, 4) is 0 Å². The Bertz CT molecular complexity index is 438. The molecular weight excluding hydrogens is 206 g/mol. The van der Waals surface area contributed by atoms with E-state index in [1.54, 1.807) is 0 Å². The van der Waals surface area contributed by atoms with Crippen LogP contribution in [0.2, 0.25) is 0 Å². The second kappa shape index (κ2) is 4.73. The van der Waals surface area contributed by atoms with E-state index in [1.807, 2.05) is 31.5 Å². The highest BCUT2D eigenvalue weighted by Crippen LogP contribution is 2.27. The highest BCUT2D eigenvalue weighted by Gasteiger charge is 2.13. The summed E-state index contributed by atoms with van der Waals surface area (Å²) in [4.78, 5) is 0. The van der Waals surface area contributed by atoms with Gasteiger partial charge in [0.1, 0.15) is 5.58 Å². The zero-order chi connectivity index (χ0) is 10.7. The van der Waals surface area contributed by atoms with Gasteiger partial charge in [0, 0.05) is 17.0 Å². The van der Waals surface area contributed by atoms with Gasteiger partial charge in [-0.2, -0.15) is 12.6 Å². The van der Waals surface area contributed by atoms with Crippen molar-refractivity contribution in [2.45, 2.75) is 12.5 Å². The zero-order valence-electron chi connectivity index (χ0n) is 8.73. The molecule has 1 aromatic carbocycles. The van der Waals surface area contributed by atoms with Crippen LogP contribution in [0.15, 0.2) is 34.9 Å². The summed E-state index contributed by atoms with van der Waals surface area (Å²) in [5.41, 5.74) is 2.18. The molecule has 1 heterocycles. The molecule has 0 aliphatic heterocycles. The molecule has 1 unspecified atom stereocenters. The summed E-state index contributed by atoms with van der Waals surface area (Å²) in [5.74, 6) is 0.866. The summed E-state index contributed by atoms with van der Waals surface area (Å²) in [6, 6.07) is 8.44. The molecule has 0 bridgehead atoms. The van der Waals surface area contributed by atoms with Crippen molar-refractivity contribution in [3.05, 3.63) is 36.1 Å². The predicted molar refractivity (Wildman–Crippen MR) is 66.5 cm³/mol. The topological polar surface area (TPSA) is 25.2 Å². The van der Waals surface area contributed by atoms with E-state index in [4.69, 9.17) is 4.42 Å². The molecule has 0 saturated carbocycles. The highest BCUT2D eigenvalue weighted by atomic mass is 32.1. The monoisotopic (exact) mass is 221 g/mol. The maximum absolute atomic E-state index is 5.51. The van der Waals surface area contributed by atoms with Crippen molar-refractivity contribution in [1.82, 2.24) is 5.32 Å². The Balaban J connectivity index is 2.41. The normalized spacial score (nSPS) is 13.2. The van der Waals surface area contributed by atoms with Gasteiger partial charge in [-0.1, -0.05) is 18.2 Å². The molecule has 1 atom stereocenters. The minimum Gasteiger partial charge on any atom is -0.464 e. The van der Waals surface area contributed by atoms with E-state index < -0.39 is 0 Å². The molecular formula is C12H15NOS. The van der Waals surface area contributed by atoms with Crippen LogP contribution in [0, 0.1) is 0 Å². The summed E-state index contributed by atoms with van der Waals surface area (Å²) in [7, 11) is 1.97. The first-order valence-electron chi connectivity index (χ1n) is 5.11. The van der Waals surface area contributed by atoms with Gasteiger partial charge in [-0.05, 0) is 25.3 Å². The molecule has 15 heavy (non-hydrogen) atoms. The van der Waals surface area contributed by atoms with Crippen LogP contribution >= 0.6 is 12.6 Å². The van der Waals surface area contributed by atoms with Crippen molar-refractivity contribution >= 4 is 23.6 Å². The molecule has 0 aliphatic carbocycles. The summed E-state index contributed by atoms with van der Waals surface area (Å²) >= 11 is 4.27. The Morgan fingerprint density at radius 1 is 1.40 bits per heavy atom. The summed E-state index contributed by atoms with van der Waals surface area (Å²) in [6.45, 7) is 0. The van der Waals surface area contributed by atoms with Crippen molar-refractivity contribution in [3.63, 3.8) is 0 Å². The average molecular weight is 221 g/mol. The van der Waals surface area contributed by atoms with Gasteiger partial charge >= 0.3 is 0 Å². The van der Waals surface area contributed by atoms with Crippen molar-refractivity contribution in [2.75, 3.05) is 12.8 Å². The molecule has 0 fully saturated rings. The maximum Gasteiger partial charge on any atom is 0.134 e. The van der Waals surface area contributed by atoms with Gasteiger partial charge in [-0.3, -0.25) is 0 Å². The minimum atomic E-state index is 0.325. The molecule has 1 N–H and O–H groups in total. The van der Waals surface area contributed by atoms with E-state index in [0.717, 1.165) is 17.8 Å². The van der Waals surface area contributed by atoms with Crippen LogP contribution < -0.4 is 5.32 Å². The number of fused-ring (bicyclic) bond motifs is 1. The Morgan fingerprint density at radius 3 is 2.93 bits per heavy atom. The Labute approximate surface area is 95.1 Å². The van der Waals surface area contributed by atoms with Gasteiger partial charge in [-0.25, -0.2) is 0 Å². The van der Waals surface area contributed by atoms with Gasteiger partial charge in [0.15, 0.2) is 0 Å². The zero-order valence-corrected chi connectivity index (χ0v) is 9.63. The standard InChI is InChI=1S/C12H15NOS/c1-13-11(6-7-15)10-8-14-12-5-3-2-4-9(10)12/h2-5,8,11,13,15H,6-7H2,1H3. The van der Waals surface area contributed by atoms with Crippen LogP contribution in [0.3, 0.4) is 0 Å². The number of para-hydroxylation sites is 1. The minimum absolute atomic E-state index is 0.325.